The summed E-state index contributed by atoms with van der Waals surface area (Å²) in [5.74, 6) is -1.73. The predicted octanol–water partition coefficient (Wildman–Crippen LogP) is -0.279. The van der Waals surface area contributed by atoms with Gasteiger partial charge in [-0.1, -0.05) is 29.3 Å². The molecule has 0 aliphatic rings. The number of hydrogen-bond donors (Lipinski definition) is 2. The fourth-order valence-electron chi connectivity index (χ4n) is 1.86. The first-order valence-electron chi connectivity index (χ1n) is 6.19. The molecule has 2 aromatic carbocycles. The molecule has 110 valence electrons. The number of anilines is 1. The van der Waals surface area contributed by atoms with E-state index in [1.165, 1.54) is 12.1 Å². The average Bonchev–Trinajstić information content (AvgIpc) is 2.44. The number of aromatic hydroxyl groups is 1. The van der Waals surface area contributed by atoms with Crippen LogP contribution in [-0.2, 0) is 6.42 Å². The van der Waals surface area contributed by atoms with Gasteiger partial charge in [0.05, 0.1) is 16.0 Å². The minimum absolute atomic E-state index is 0. The Balaban J connectivity index is 0.00000242. The van der Waals surface area contributed by atoms with Crippen LogP contribution >= 0.6 is 23.2 Å². The number of hydrogen-bond acceptors (Lipinski definition) is 4. The summed E-state index contributed by atoms with van der Waals surface area (Å²) in [6.45, 7) is 0.579. The molecule has 0 spiro atoms. The van der Waals surface area contributed by atoms with Gasteiger partial charge in [-0.25, -0.2) is 0 Å². The molecular weight excluding hydrogens is 336 g/mol. The molecule has 2 N–H and O–H groups in total. The average molecular weight is 348 g/mol. The maximum atomic E-state index is 10.8. The molecule has 0 heterocycles. The van der Waals surface area contributed by atoms with Crippen molar-refractivity contribution in [1.29, 1.82) is 0 Å². The van der Waals surface area contributed by atoms with Gasteiger partial charge in [-0.2, -0.15) is 0 Å². The van der Waals surface area contributed by atoms with E-state index < -0.39 is 5.97 Å². The largest absolute Gasteiger partial charge is 1.00 e. The summed E-state index contributed by atoms with van der Waals surface area (Å²) in [5.41, 5.74) is 1.36. The SMILES string of the molecule is O=C([O-])c1cc(NCCc2ccc(Cl)c(Cl)c2)ccc1O.[Na+]. The van der Waals surface area contributed by atoms with Crippen LogP contribution in [-0.4, -0.2) is 17.6 Å². The first kappa shape index (κ1) is 19.1. The van der Waals surface area contributed by atoms with Gasteiger partial charge in [0.25, 0.3) is 0 Å². The molecule has 0 bridgehead atoms. The van der Waals surface area contributed by atoms with E-state index in [0.29, 0.717) is 28.7 Å². The molecule has 0 aromatic heterocycles. The number of carbonyl (C=O) groups is 1. The summed E-state index contributed by atoms with van der Waals surface area (Å²) in [4.78, 5) is 10.8. The maximum absolute atomic E-state index is 10.8. The normalized spacial score (nSPS) is 9.91. The first-order valence-corrected chi connectivity index (χ1v) is 6.95. The second-order valence-corrected chi connectivity index (χ2v) is 5.26. The second kappa shape index (κ2) is 8.65. The Morgan fingerprint density at radius 1 is 1.14 bits per heavy atom. The number of benzene rings is 2. The molecule has 7 heteroatoms. The van der Waals surface area contributed by atoms with Crippen LogP contribution in [0.25, 0.3) is 0 Å². The summed E-state index contributed by atoms with van der Waals surface area (Å²) in [7, 11) is 0. The van der Waals surface area contributed by atoms with Gasteiger partial charge in [0, 0.05) is 17.8 Å². The third-order valence-electron chi connectivity index (χ3n) is 2.94. The summed E-state index contributed by atoms with van der Waals surface area (Å²) >= 11 is 11.8. The van der Waals surface area contributed by atoms with Gasteiger partial charge >= 0.3 is 29.6 Å². The fraction of sp³-hybridized carbons (Fsp3) is 0.133. The zero-order valence-corrected chi connectivity index (χ0v) is 15.4. The van der Waals surface area contributed by atoms with Crippen LogP contribution in [0.5, 0.6) is 5.75 Å². The Bertz CT molecular complexity index is 680. The van der Waals surface area contributed by atoms with Gasteiger partial charge in [0.1, 0.15) is 5.75 Å². The van der Waals surface area contributed by atoms with E-state index in [2.05, 4.69) is 5.32 Å². The minimum Gasteiger partial charge on any atom is -0.545 e. The van der Waals surface area contributed by atoms with Gasteiger partial charge in [-0.15, -0.1) is 0 Å². The van der Waals surface area contributed by atoms with E-state index in [1.54, 1.807) is 18.2 Å². The van der Waals surface area contributed by atoms with Crippen LogP contribution in [0.3, 0.4) is 0 Å². The van der Waals surface area contributed by atoms with Gasteiger partial charge in [-0.3, -0.25) is 0 Å². The van der Waals surface area contributed by atoms with Crippen LogP contribution in [0.2, 0.25) is 10.0 Å². The third-order valence-corrected chi connectivity index (χ3v) is 3.68. The van der Waals surface area contributed by atoms with Crippen LogP contribution in [0, 0.1) is 0 Å². The van der Waals surface area contributed by atoms with Crippen molar-refractivity contribution in [3.63, 3.8) is 0 Å². The Labute approximate surface area is 160 Å². The Hall–Kier alpha value is -0.910. The van der Waals surface area contributed by atoms with Crippen LogP contribution in [0.4, 0.5) is 5.69 Å². The molecule has 0 amide bonds. The maximum Gasteiger partial charge on any atom is 1.00 e. The van der Waals surface area contributed by atoms with E-state index in [4.69, 9.17) is 23.2 Å². The van der Waals surface area contributed by atoms with Crippen molar-refractivity contribution in [1.82, 2.24) is 0 Å². The quantitative estimate of drug-likeness (QED) is 0.576. The number of aromatic carboxylic acids is 1. The van der Waals surface area contributed by atoms with Crippen LogP contribution in [0.15, 0.2) is 36.4 Å². The molecule has 0 radical (unpaired) electrons. The summed E-state index contributed by atoms with van der Waals surface area (Å²) in [5, 5.41) is 24.3. The van der Waals surface area contributed by atoms with Crippen LogP contribution < -0.4 is 40.0 Å². The predicted molar refractivity (Wildman–Crippen MR) is 81.1 cm³/mol. The molecule has 4 nitrogen and oxygen atoms in total. The van der Waals surface area contributed by atoms with E-state index in [1.807, 2.05) is 6.07 Å². The zero-order valence-electron chi connectivity index (χ0n) is 11.9. The molecule has 0 aliphatic heterocycles. The number of carboxylic acids is 1. The molecule has 0 unspecified atom stereocenters. The second-order valence-electron chi connectivity index (χ2n) is 4.44. The summed E-state index contributed by atoms with van der Waals surface area (Å²) in [6, 6.07) is 9.63. The number of halogens is 2. The Morgan fingerprint density at radius 3 is 2.50 bits per heavy atom. The zero-order chi connectivity index (χ0) is 15.4. The molecule has 2 aromatic rings. The summed E-state index contributed by atoms with van der Waals surface area (Å²) in [6.07, 6.45) is 0.693. The van der Waals surface area contributed by atoms with E-state index in [9.17, 15) is 15.0 Å². The standard InChI is InChI=1S/C15H13Cl2NO3.Na/c16-12-3-1-9(7-13(12)17)5-6-18-10-2-4-14(19)11(8-10)15(20)21;/h1-4,7-8,18-19H,5-6H2,(H,20,21);/q;+1/p-1. The number of phenols is 1. The van der Waals surface area contributed by atoms with E-state index in [0.717, 1.165) is 5.56 Å². The third kappa shape index (κ3) is 5.07. The van der Waals surface area contributed by atoms with Crippen LogP contribution in [0.1, 0.15) is 15.9 Å². The van der Waals surface area contributed by atoms with Crippen molar-refractivity contribution in [2.45, 2.75) is 6.42 Å². The Morgan fingerprint density at radius 2 is 1.86 bits per heavy atom. The van der Waals surface area contributed by atoms with Gasteiger partial charge in [-0.05, 0) is 42.3 Å². The molecular formula is C15H12Cl2NNaO3. The van der Waals surface area contributed by atoms with Gasteiger partial charge in [0.2, 0.25) is 0 Å². The van der Waals surface area contributed by atoms with Crippen molar-refractivity contribution in [3.8, 4) is 5.75 Å². The number of carboxylic acid groups (broad SMARTS) is 1. The first-order chi connectivity index (χ1) is 9.97. The number of nitrogens with one attached hydrogen (secondary N) is 1. The molecule has 0 aliphatic carbocycles. The van der Waals surface area contributed by atoms with Gasteiger partial charge in [0.15, 0.2) is 0 Å². The molecule has 0 fully saturated rings. The molecule has 2 rings (SSSR count). The van der Waals surface area contributed by atoms with Crippen molar-refractivity contribution < 1.29 is 44.6 Å². The smallest absolute Gasteiger partial charge is 0.545 e. The molecule has 0 atom stereocenters. The monoisotopic (exact) mass is 347 g/mol. The minimum atomic E-state index is -1.42. The van der Waals surface area contributed by atoms with E-state index in [-0.39, 0.29) is 40.9 Å². The molecule has 22 heavy (non-hydrogen) atoms. The van der Waals surface area contributed by atoms with Gasteiger partial charge < -0.3 is 20.3 Å². The topological polar surface area (TPSA) is 72.4 Å². The number of rotatable bonds is 5. The number of carbonyl (C=O) groups excluding carboxylic acids is 1. The molecule has 0 saturated carbocycles. The Kier molecular flexibility index (Phi) is 7.53. The van der Waals surface area contributed by atoms with Crippen molar-refractivity contribution >= 4 is 34.9 Å². The van der Waals surface area contributed by atoms with Crippen molar-refractivity contribution in [2.75, 3.05) is 11.9 Å². The van der Waals surface area contributed by atoms with Crippen molar-refractivity contribution in [3.05, 3.63) is 57.6 Å². The molecule has 0 saturated heterocycles. The van der Waals surface area contributed by atoms with E-state index >= 15 is 0 Å². The fourth-order valence-corrected chi connectivity index (χ4v) is 2.18. The van der Waals surface area contributed by atoms with Crippen molar-refractivity contribution in [2.24, 2.45) is 0 Å². The summed E-state index contributed by atoms with van der Waals surface area (Å²) < 4.78 is 0.